The number of thiophene rings is 1. The molecule has 0 spiro atoms. The molecule has 2 aromatic heterocycles. The fourth-order valence-electron chi connectivity index (χ4n) is 4.79. The second kappa shape index (κ2) is 8.72. The quantitative estimate of drug-likeness (QED) is 0.594. The number of carbonyl (C=O) groups is 2. The average molecular weight is 499 g/mol. The number of cyclic esters (lactones) is 1. The van der Waals surface area contributed by atoms with Crippen LogP contribution in [0.5, 0.6) is 5.75 Å². The molecule has 0 radical (unpaired) electrons. The Bertz CT molecular complexity index is 1290. The number of halogens is 1. The van der Waals surface area contributed by atoms with Crippen LogP contribution < -0.4 is 10.1 Å². The van der Waals surface area contributed by atoms with E-state index in [-0.39, 0.29) is 12.0 Å². The topological polar surface area (TPSA) is 84.0 Å². The molecule has 2 fully saturated rings. The Hall–Kier alpha value is -2.88. The monoisotopic (exact) mass is 498 g/mol. The molecular formula is C24H23ClN4O4S. The first-order valence-corrected chi connectivity index (χ1v) is 12.5. The molecule has 6 rings (SSSR count). The van der Waals surface area contributed by atoms with E-state index in [1.165, 1.54) is 0 Å². The molecule has 8 nitrogen and oxygen atoms in total. The molecular weight excluding hydrogens is 476 g/mol. The maximum atomic E-state index is 13.1. The number of hydrogen-bond donors (Lipinski definition) is 1. The molecule has 34 heavy (non-hydrogen) atoms. The van der Waals surface area contributed by atoms with E-state index in [1.807, 2.05) is 29.2 Å². The highest BCUT2D eigenvalue weighted by Gasteiger charge is 2.35. The maximum Gasteiger partial charge on any atom is 0.410 e. The minimum Gasteiger partial charge on any atom is -0.479 e. The van der Waals surface area contributed by atoms with Gasteiger partial charge in [-0.05, 0) is 24.3 Å². The number of fused-ring (bicyclic) bond motifs is 2. The molecule has 1 atom stereocenters. The smallest absolute Gasteiger partial charge is 0.410 e. The Morgan fingerprint density at radius 2 is 2.06 bits per heavy atom. The summed E-state index contributed by atoms with van der Waals surface area (Å²) in [6.07, 6.45) is 1.45. The Morgan fingerprint density at radius 3 is 2.85 bits per heavy atom. The number of amides is 2. The molecule has 0 saturated carbocycles. The second-order valence-electron chi connectivity index (χ2n) is 8.65. The molecule has 0 bridgehead atoms. The first kappa shape index (κ1) is 21.6. The predicted molar refractivity (Wildman–Crippen MR) is 129 cm³/mol. The van der Waals surface area contributed by atoms with Crippen LogP contribution in [0.3, 0.4) is 0 Å². The number of nitrogens with one attached hydrogen (secondary N) is 1. The minimum absolute atomic E-state index is 0.0237. The van der Waals surface area contributed by atoms with E-state index in [4.69, 9.17) is 21.1 Å². The molecule has 2 saturated heterocycles. The first-order chi connectivity index (χ1) is 16.6. The number of piperazine rings is 1. The van der Waals surface area contributed by atoms with Crippen LogP contribution in [0.2, 0.25) is 5.02 Å². The minimum atomic E-state index is -0.539. The van der Waals surface area contributed by atoms with E-state index in [2.05, 4.69) is 10.3 Å². The highest BCUT2D eigenvalue weighted by atomic mass is 35.5. The Labute approximate surface area is 205 Å². The first-order valence-electron chi connectivity index (χ1n) is 11.3. The van der Waals surface area contributed by atoms with Gasteiger partial charge in [0.1, 0.15) is 12.4 Å². The fourth-order valence-corrected chi connectivity index (χ4v) is 6.18. The van der Waals surface area contributed by atoms with Crippen molar-refractivity contribution < 1.29 is 19.1 Å². The zero-order chi connectivity index (χ0) is 23.2. The van der Waals surface area contributed by atoms with Gasteiger partial charge in [0.05, 0.1) is 23.3 Å². The van der Waals surface area contributed by atoms with Gasteiger partial charge in [-0.1, -0.05) is 11.6 Å². The zero-order valence-corrected chi connectivity index (χ0v) is 20.0. The lowest BCUT2D eigenvalue weighted by atomic mass is 10.0. The van der Waals surface area contributed by atoms with Crippen LogP contribution in [-0.2, 0) is 22.5 Å². The van der Waals surface area contributed by atoms with Crippen LogP contribution in [0.25, 0.3) is 21.3 Å². The number of hydrogen-bond acceptors (Lipinski definition) is 7. The average Bonchev–Trinajstić information content (AvgIpc) is 3.56. The Morgan fingerprint density at radius 1 is 1.21 bits per heavy atom. The zero-order valence-electron chi connectivity index (χ0n) is 18.4. The van der Waals surface area contributed by atoms with Crippen LogP contribution in [0.4, 0.5) is 4.79 Å². The predicted octanol–water partition coefficient (Wildman–Crippen LogP) is 3.30. The molecule has 3 aliphatic rings. The molecule has 176 valence electrons. The van der Waals surface area contributed by atoms with Crippen LogP contribution in [0.15, 0.2) is 30.5 Å². The summed E-state index contributed by atoms with van der Waals surface area (Å²) in [4.78, 5) is 34.1. The van der Waals surface area contributed by atoms with Crippen molar-refractivity contribution in [3.05, 3.63) is 45.9 Å². The molecule has 5 heterocycles. The largest absolute Gasteiger partial charge is 0.479 e. The second-order valence-corrected chi connectivity index (χ2v) is 10.2. The van der Waals surface area contributed by atoms with Gasteiger partial charge in [0.2, 0.25) is 0 Å². The standard InChI is InChI=1S/C24H23ClN4O4S/c25-15-9-14-10-20(23(30)28-5-3-26-4-6-28)33-21(14)18(11-15)17-1-2-27-19-12-16(34-22(17)19)13-29-7-8-32-24(29)31/h1-2,9,11-12,20,26H,3-8,10,13H2. The summed E-state index contributed by atoms with van der Waals surface area (Å²) in [7, 11) is 0. The third-order valence-corrected chi connectivity index (χ3v) is 7.81. The maximum absolute atomic E-state index is 13.1. The van der Waals surface area contributed by atoms with Gasteiger partial charge >= 0.3 is 6.09 Å². The number of aromatic nitrogens is 1. The van der Waals surface area contributed by atoms with Gasteiger partial charge < -0.3 is 19.7 Å². The van der Waals surface area contributed by atoms with Crippen molar-refractivity contribution in [3.8, 4) is 16.9 Å². The van der Waals surface area contributed by atoms with Crippen LogP contribution in [-0.4, -0.2) is 72.2 Å². The van der Waals surface area contributed by atoms with Crippen molar-refractivity contribution in [2.45, 2.75) is 19.1 Å². The molecule has 2 amide bonds. The van der Waals surface area contributed by atoms with Crippen molar-refractivity contribution in [1.82, 2.24) is 20.1 Å². The highest BCUT2D eigenvalue weighted by Crippen LogP contribution is 2.45. The van der Waals surface area contributed by atoms with Crippen molar-refractivity contribution in [2.24, 2.45) is 0 Å². The summed E-state index contributed by atoms with van der Waals surface area (Å²) in [5.41, 5.74) is 3.61. The van der Waals surface area contributed by atoms with E-state index >= 15 is 0 Å². The van der Waals surface area contributed by atoms with E-state index in [0.29, 0.717) is 50.0 Å². The van der Waals surface area contributed by atoms with Gasteiger partial charge in [-0.15, -0.1) is 11.3 Å². The van der Waals surface area contributed by atoms with Crippen molar-refractivity contribution >= 4 is 45.2 Å². The molecule has 0 aliphatic carbocycles. The third kappa shape index (κ3) is 3.87. The number of rotatable bonds is 4. The van der Waals surface area contributed by atoms with Crippen molar-refractivity contribution in [2.75, 3.05) is 39.3 Å². The van der Waals surface area contributed by atoms with Gasteiger partial charge in [-0.2, -0.15) is 0 Å². The van der Waals surface area contributed by atoms with Crippen LogP contribution >= 0.6 is 22.9 Å². The number of carbonyl (C=O) groups excluding carboxylic acids is 2. The summed E-state index contributed by atoms with van der Waals surface area (Å²) in [5, 5.41) is 3.88. The number of pyridine rings is 1. The number of ether oxygens (including phenoxy) is 2. The normalized spacial score (nSPS) is 19.9. The molecule has 3 aromatic rings. The van der Waals surface area contributed by atoms with E-state index < -0.39 is 6.10 Å². The molecule has 10 heteroatoms. The lowest BCUT2D eigenvalue weighted by molar-refractivity contribution is -0.138. The molecule has 1 unspecified atom stereocenters. The third-order valence-electron chi connectivity index (χ3n) is 6.44. The van der Waals surface area contributed by atoms with Gasteiger partial charge in [-0.25, -0.2) is 4.79 Å². The van der Waals surface area contributed by atoms with Gasteiger partial charge in [0.15, 0.2) is 6.10 Å². The van der Waals surface area contributed by atoms with Crippen LogP contribution in [0.1, 0.15) is 10.4 Å². The summed E-state index contributed by atoms with van der Waals surface area (Å²) in [6.45, 7) is 4.48. The Kier molecular flexibility index (Phi) is 5.55. The lowest BCUT2D eigenvalue weighted by Crippen LogP contribution is -2.50. The lowest BCUT2D eigenvalue weighted by Gasteiger charge is -2.29. The number of benzene rings is 1. The summed E-state index contributed by atoms with van der Waals surface area (Å²) in [5.74, 6) is 0.735. The summed E-state index contributed by atoms with van der Waals surface area (Å²) in [6, 6.07) is 7.75. The molecule has 3 aliphatic heterocycles. The van der Waals surface area contributed by atoms with E-state index in [1.54, 1.807) is 22.4 Å². The summed E-state index contributed by atoms with van der Waals surface area (Å²) < 4.78 is 12.3. The van der Waals surface area contributed by atoms with E-state index in [9.17, 15) is 9.59 Å². The Balaban J connectivity index is 1.34. The molecule has 1 aromatic carbocycles. The van der Waals surface area contributed by atoms with Crippen molar-refractivity contribution in [3.63, 3.8) is 0 Å². The SMILES string of the molecule is O=C1OCCN1Cc1cc2nccc(-c3cc(Cl)cc4c3OC(C(=O)N3CCNCC3)C4)c2s1. The van der Waals surface area contributed by atoms with Crippen molar-refractivity contribution in [1.29, 1.82) is 0 Å². The van der Waals surface area contributed by atoms with Gasteiger partial charge in [0.25, 0.3) is 5.91 Å². The van der Waals surface area contributed by atoms with E-state index in [0.717, 1.165) is 44.9 Å². The number of nitrogens with zero attached hydrogens (tertiary/aromatic N) is 3. The van der Waals surface area contributed by atoms with Crippen LogP contribution in [0, 0.1) is 0 Å². The highest BCUT2D eigenvalue weighted by molar-refractivity contribution is 7.19. The van der Waals surface area contributed by atoms with Gasteiger partial charge in [-0.3, -0.25) is 14.7 Å². The molecule has 1 N–H and O–H groups in total. The summed E-state index contributed by atoms with van der Waals surface area (Å²) >= 11 is 8.11. The van der Waals surface area contributed by atoms with Gasteiger partial charge in [0, 0.05) is 65.4 Å². The fraction of sp³-hybridized carbons (Fsp3) is 0.375.